The average Bonchev–Trinajstić information content (AvgIpc) is 2.73. The van der Waals surface area contributed by atoms with Gasteiger partial charge in [0.15, 0.2) is 9.84 Å². The van der Waals surface area contributed by atoms with Crippen molar-refractivity contribution in [2.24, 2.45) is 5.73 Å². The zero-order valence-electron chi connectivity index (χ0n) is 12.2. The van der Waals surface area contributed by atoms with E-state index in [1.165, 1.54) is 19.1 Å². The molecule has 0 spiro atoms. The number of nitrogens with zero attached hydrogens (tertiary/aromatic N) is 1. The van der Waals surface area contributed by atoms with Gasteiger partial charge < -0.3 is 10.7 Å². The van der Waals surface area contributed by atoms with Crippen LogP contribution < -0.4 is 5.73 Å². The largest absolute Gasteiger partial charge is 0.340 e. The van der Waals surface area contributed by atoms with Crippen LogP contribution >= 0.6 is 0 Å². The van der Waals surface area contributed by atoms with E-state index in [9.17, 15) is 8.42 Å². The van der Waals surface area contributed by atoms with Gasteiger partial charge in [0.05, 0.1) is 21.5 Å². The molecule has 1 heterocycles. The molecule has 1 fully saturated rings. The van der Waals surface area contributed by atoms with Crippen LogP contribution in [0.15, 0.2) is 23.1 Å². The predicted octanol–water partition coefficient (Wildman–Crippen LogP) is 2.47. The molecule has 0 atom stereocenters. The molecule has 0 unspecified atom stereocenters. The second-order valence-electron chi connectivity index (χ2n) is 6.11. The normalized spacial score (nSPS) is 19.5. The van der Waals surface area contributed by atoms with Crippen molar-refractivity contribution in [2.75, 3.05) is 6.26 Å². The third kappa shape index (κ3) is 2.82. The van der Waals surface area contributed by atoms with Crippen LogP contribution in [-0.2, 0) is 15.4 Å². The maximum absolute atomic E-state index is 11.6. The van der Waals surface area contributed by atoms with Crippen LogP contribution in [0.3, 0.4) is 0 Å². The van der Waals surface area contributed by atoms with Gasteiger partial charge in [-0.1, -0.05) is 25.7 Å². The highest BCUT2D eigenvalue weighted by Crippen LogP contribution is 2.33. The lowest BCUT2D eigenvalue weighted by atomic mass is 9.91. The second-order valence-corrected chi connectivity index (χ2v) is 8.12. The van der Waals surface area contributed by atoms with Crippen LogP contribution in [0, 0.1) is 0 Å². The topological polar surface area (TPSA) is 88.8 Å². The van der Waals surface area contributed by atoms with Crippen LogP contribution in [0.25, 0.3) is 11.0 Å². The monoisotopic (exact) mass is 307 g/mol. The number of aromatic nitrogens is 2. The SMILES string of the molecule is CS(=O)(=O)c1ccc2nc(C3(N)CCCCCC3)[nH]c2c1. The van der Waals surface area contributed by atoms with Crippen molar-refractivity contribution in [3.05, 3.63) is 24.0 Å². The van der Waals surface area contributed by atoms with Gasteiger partial charge in [-0.05, 0) is 31.0 Å². The van der Waals surface area contributed by atoms with E-state index in [-0.39, 0.29) is 0 Å². The van der Waals surface area contributed by atoms with Gasteiger partial charge in [0.2, 0.25) is 0 Å². The summed E-state index contributed by atoms with van der Waals surface area (Å²) in [5, 5.41) is 0. The van der Waals surface area contributed by atoms with Crippen LogP contribution in [0.5, 0.6) is 0 Å². The van der Waals surface area contributed by atoms with E-state index < -0.39 is 15.4 Å². The van der Waals surface area contributed by atoms with Gasteiger partial charge in [-0.15, -0.1) is 0 Å². The Labute approximate surface area is 124 Å². The number of fused-ring (bicyclic) bond motifs is 1. The van der Waals surface area contributed by atoms with E-state index in [1.807, 2.05) is 0 Å². The van der Waals surface area contributed by atoms with Crippen molar-refractivity contribution in [3.8, 4) is 0 Å². The highest BCUT2D eigenvalue weighted by Gasteiger charge is 2.31. The first-order valence-electron chi connectivity index (χ1n) is 7.38. The molecule has 114 valence electrons. The maximum atomic E-state index is 11.6. The third-order valence-corrected chi connectivity index (χ3v) is 5.46. The fraction of sp³-hybridized carbons (Fsp3) is 0.533. The Morgan fingerprint density at radius 1 is 1.19 bits per heavy atom. The first-order chi connectivity index (χ1) is 9.88. The molecule has 1 aromatic heterocycles. The number of benzene rings is 1. The molecule has 0 aliphatic heterocycles. The minimum atomic E-state index is -3.21. The Balaban J connectivity index is 2.04. The molecular formula is C15H21N3O2S. The minimum Gasteiger partial charge on any atom is -0.340 e. The molecule has 6 heteroatoms. The first-order valence-corrected chi connectivity index (χ1v) is 9.27. The van der Waals surface area contributed by atoms with E-state index in [2.05, 4.69) is 9.97 Å². The number of sulfone groups is 1. The number of H-pyrrole nitrogens is 1. The van der Waals surface area contributed by atoms with E-state index in [0.29, 0.717) is 4.90 Å². The molecular weight excluding hydrogens is 286 g/mol. The molecule has 1 aromatic carbocycles. The van der Waals surface area contributed by atoms with Gasteiger partial charge in [-0.3, -0.25) is 0 Å². The van der Waals surface area contributed by atoms with Gasteiger partial charge in [0.1, 0.15) is 5.82 Å². The molecule has 0 bridgehead atoms. The number of aromatic amines is 1. The Morgan fingerprint density at radius 2 is 1.86 bits per heavy atom. The average molecular weight is 307 g/mol. The van der Waals surface area contributed by atoms with Crippen LogP contribution in [0.4, 0.5) is 0 Å². The van der Waals surface area contributed by atoms with Gasteiger partial charge in [0, 0.05) is 6.26 Å². The van der Waals surface area contributed by atoms with Gasteiger partial charge in [-0.25, -0.2) is 13.4 Å². The van der Waals surface area contributed by atoms with Crippen molar-refractivity contribution in [2.45, 2.75) is 49.0 Å². The summed E-state index contributed by atoms with van der Waals surface area (Å²) in [5.41, 5.74) is 7.65. The van der Waals surface area contributed by atoms with Crippen molar-refractivity contribution in [3.63, 3.8) is 0 Å². The lowest BCUT2D eigenvalue weighted by Gasteiger charge is -2.25. The van der Waals surface area contributed by atoms with Gasteiger partial charge in [0.25, 0.3) is 0 Å². The minimum absolute atomic E-state index is 0.303. The number of nitrogens with two attached hydrogens (primary N) is 1. The van der Waals surface area contributed by atoms with Crippen molar-refractivity contribution in [1.29, 1.82) is 0 Å². The van der Waals surface area contributed by atoms with E-state index in [0.717, 1.165) is 42.5 Å². The number of hydrogen-bond acceptors (Lipinski definition) is 4. The zero-order valence-corrected chi connectivity index (χ0v) is 13.0. The fourth-order valence-corrected chi connectivity index (χ4v) is 3.70. The summed E-state index contributed by atoms with van der Waals surface area (Å²) >= 11 is 0. The Hall–Kier alpha value is -1.40. The standard InChI is InChI=1S/C15H21N3O2S/c1-21(19,20)11-6-7-12-13(10-11)18-14(17-12)15(16)8-4-2-3-5-9-15/h6-7,10H,2-5,8-9,16H2,1H3,(H,17,18). The predicted molar refractivity (Wildman–Crippen MR) is 82.8 cm³/mol. The molecule has 5 nitrogen and oxygen atoms in total. The zero-order chi connectivity index (χ0) is 15.1. The van der Waals surface area contributed by atoms with Crippen LogP contribution in [0.2, 0.25) is 0 Å². The first kappa shape index (κ1) is 14.5. The summed E-state index contributed by atoms with van der Waals surface area (Å²) in [6, 6.07) is 4.98. The smallest absolute Gasteiger partial charge is 0.175 e. The van der Waals surface area contributed by atoms with Crippen molar-refractivity contribution in [1.82, 2.24) is 9.97 Å². The fourth-order valence-electron chi connectivity index (χ4n) is 3.05. The molecule has 21 heavy (non-hydrogen) atoms. The highest BCUT2D eigenvalue weighted by molar-refractivity contribution is 7.90. The van der Waals surface area contributed by atoms with Gasteiger partial charge >= 0.3 is 0 Å². The van der Waals surface area contributed by atoms with Crippen LogP contribution in [0.1, 0.15) is 44.3 Å². The van der Waals surface area contributed by atoms with E-state index in [4.69, 9.17) is 5.73 Å². The molecule has 3 rings (SSSR count). The Morgan fingerprint density at radius 3 is 2.48 bits per heavy atom. The third-order valence-electron chi connectivity index (χ3n) is 4.35. The molecule has 1 aliphatic rings. The van der Waals surface area contributed by atoms with Crippen LogP contribution in [-0.4, -0.2) is 24.6 Å². The molecule has 3 N–H and O–H groups in total. The summed E-state index contributed by atoms with van der Waals surface area (Å²) in [7, 11) is -3.21. The molecule has 1 saturated carbocycles. The molecule has 2 aromatic rings. The maximum Gasteiger partial charge on any atom is 0.175 e. The number of hydrogen-bond donors (Lipinski definition) is 2. The lowest BCUT2D eigenvalue weighted by Crippen LogP contribution is -2.37. The van der Waals surface area contributed by atoms with E-state index in [1.54, 1.807) is 18.2 Å². The summed E-state index contributed by atoms with van der Waals surface area (Å²) in [6.07, 6.45) is 7.72. The molecule has 0 radical (unpaired) electrons. The molecule has 0 amide bonds. The summed E-state index contributed by atoms with van der Waals surface area (Å²) in [5.74, 6) is 0.782. The molecule has 0 saturated heterocycles. The van der Waals surface area contributed by atoms with Crippen molar-refractivity contribution >= 4 is 20.9 Å². The summed E-state index contributed by atoms with van der Waals surface area (Å²) < 4.78 is 23.3. The summed E-state index contributed by atoms with van der Waals surface area (Å²) in [4.78, 5) is 8.15. The highest BCUT2D eigenvalue weighted by atomic mass is 32.2. The van der Waals surface area contributed by atoms with E-state index >= 15 is 0 Å². The number of nitrogens with one attached hydrogen (secondary N) is 1. The molecule has 1 aliphatic carbocycles. The van der Waals surface area contributed by atoms with Gasteiger partial charge in [-0.2, -0.15) is 0 Å². The van der Waals surface area contributed by atoms with Crippen molar-refractivity contribution < 1.29 is 8.42 Å². The number of rotatable bonds is 2. The Kier molecular flexibility index (Phi) is 3.53. The quantitative estimate of drug-likeness (QED) is 0.834. The number of imidazole rings is 1. The second kappa shape index (κ2) is 5.10. The Bertz CT molecular complexity index is 756. The lowest BCUT2D eigenvalue weighted by molar-refractivity contribution is 0.366. The summed E-state index contributed by atoms with van der Waals surface area (Å²) in [6.45, 7) is 0.